The number of rotatable bonds is 5. The number of esters is 1. The minimum atomic E-state index is -0.484. The summed E-state index contributed by atoms with van der Waals surface area (Å²) in [4.78, 5) is 25.1. The highest BCUT2D eigenvalue weighted by atomic mass is 16.5. The summed E-state index contributed by atoms with van der Waals surface area (Å²) in [5.74, 6) is -0.484. The molecule has 0 aliphatic carbocycles. The van der Waals surface area contributed by atoms with Crippen molar-refractivity contribution in [3.05, 3.63) is 12.2 Å². The summed E-state index contributed by atoms with van der Waals surface area (Å²) in [7, 11) is 2.04. The average molecular weight is 270 g/mol. The molecule has 0 aromatic rings. The lowest BCUT2D eigenvalue weighted by atomic mass is 10.3. The molecule has 1 aliphatic rings. The summed E-state index contributed by atoms with van der Waals surface area (Å²) in [5.41, 5.74) is 2.96. The molecule has 1 heterocycles. The lowest BCUT2D eigenvalue weighted by molar-refractivity contribution is -0.138. The van der Waals surface area contributed by atoms with E-state index in [0.717, 1.165) is 26.2 Å². The second kappa shape index (κ2) is 7.75. The molecule has 7 heteroatoms. The molecule has 1 saturated heterocycles. The smallest absolute Gasteiger partial charge is 0.335 e. The van der Waals surface area contributed by atoms with Gasteiger partial charge >= 0.3 is 12.0 Å². The molecule has 0 aromatic heterocycles. The number of carbonyl (C=O) groups is 2. The number of ether oxygens (including phenoxy) is 1. The Balaban J connectivity index is 2.21. The first-order chi connectivity index (χ1) is 9.02. The summed E-state index contributed by atoms with van der Waals surface area (Å²) in [5, 5.41) is 4.42. The van der Waals surface area contributed by atoms with E-state index in [0.29, 0.717) is 6.61 Å². The predicted octanol–water partition coefficient (Wildman–Crippen LogP) is -0.433. The molecule has 0 unspecified atom stereocenters. The van der Waals surface area contributed by atoms with Gasteiger partial charge < -0.3 is 15.0 Å². The van der Waals surface area contributed by atoms with Crippen LogP contribution in [0, 0.1) is 0 Å². The van der Waals surface area contributed by atoms with Crippen molar-refractivity contribution in [1.82, 2.24) is 20.7 Å². The number of nitrogens with one attached hydrogen (secondary N) is 2. The molecule has 0 spiro atoms. The minimum Gasteiger partial charge on any atom is -0.463 e. The maximum absolute atomic E-state index is 11.6. The molecule has 7 nitrogen and oxygen atoms in total. The van der Waals surface area contributed by atoms with Crippen LogP contribution in [0.15, 0.2) is 12.2 Å². The van der Waals surface area contributed by atoms with E-state index < -0.39 is 5.97 Å². The van der Waals surface area contributed by atoms with E-state index in [1.165, 1.54) is 0 Å². The molecule has 0 radical (unpaired) electrons. The van der Waals surface area contributed by atoms with Gasteiger partial charge in [0.15, 0.2) is 0 Å². The Hall–Kier alpha value is -1.60. The Labute approximate surface area is 113 Å². The fourth-order valence-electron chi connectivity index (χ4n) is 1.59. The Bertz CT molecular complexity index is 338. The highest BCUT2D eigenvalue weighted by molar-refractivity contribution is 5.89. The molecule has 108 valence electrons. The first-order valence-corrected chi connectivity index (χ1v) is 6.35. The molecule has 19 heavy (non-hydrogen) atoms. The van der Waals surface area contributed by atoms with Gasteiger partial charge in [-0.2, -0.15) is 0 Å². The number of amides is 2. The lowest BCUT2D eigenvalue weighted by Crippen LogP contribution is -2.55. The first kappa shape index (κ1) is 15.5. The molecule has 2 amide bonds. The number of hydrogen-bond donors (Lipinski definition) is 2. The maximum atomic E-state index is 11.6. The molecule has 0 saturated carbocycles. The van der Waals surface area contributed by atoms with Gasteiger partial charge in [-0.1, -0.05) is 6.58 Å². The summed E-state index contributed by atoms with van der Waals surface area (Å²) >= 11 is 0. The number of hydrogen-bond acceptors (Lipinski definition) is 5. The average Bonchev–Trinajstić information content (AvgIpc) is 2.39. The van der Waals surface area contributed by atoms with Crippen LogP contribution in [0.2, 0.25) is 0 Å². The first-order valence-electron chi connectivity index (χ1n) is 6.35. The van der Waals surface area contributed by atoms with Gasteiger partial charge in [0.2, 0.25) is 0 Å². The molecular weight excluding hydrogens is 248 g/mol. The van der Waals surface area contributed by atoms with Crippen molar-refractivity contribution in [1.29, 1.82) is 0 Å². The van der Waals surface area contributed by atoms with E-state index in [-0.39, 0.29) is 18.1 Å². The minimum absolute atomic E-state index is 0.0818. The van der Waals surface area contributed by atoms with Crippen LogP contribution in [0.3, 0.4) is 0 Å². The summed E-state index contributed by atoms with van der Waals surface area (Å²) in [6, 6.07) is -0.338. The largest absolute Gasteiger partial charge is 0.463 e. The molecule has 0 atom stereocenters. The molecule has 1 rings (SSSR count). The van der Waals surface area contributed by atoms with Crippen molar-refractivity contribution in [3.63, 3.8) is 0 Å². The SMILES string of the molecule is C=C(CNC(=O)NN1CCN(C)CC1)C(=O)OCC. The summed E-state index contributed by atoms with van der Waals surface area (Å²) in [6.07, 6.45) is 0. The van der Waals surface area contributed by atoms with Gasteiger partial charge in [0, 0.05) is 31.8 Å². The lowest BCUT2D eigenvalue weighted by Gasteiger charge is -2.32. The van der Waals surface area contributed by atoms with E-state index in [2.05, 4.69) is 22.2 Å². The normalized spacial score (nSPS) is 16.7. The molecule has 1 fully saturated rings. The van der Waals surface area contributed by atoms with E-state index >= 15 is 0 Å². The van der Waals surface area contributed by atoms with Crippen molar-refractivity contribution in [2.75, 3.05) is 46.4 Å². The number of piperazine rings is 1. The second-order valence-corrected chi connectivity index (χ2v) is 4.41. The van der Waals surface area contributed by atoms with Gasteiger partial charge in [-0.05, 0) is 14.0 Å². The predicted molar refractivity (Wildman–Crippen MR) is 71.4 cm³/mol. The topological polar surface area (TPSA) is 73.9 Å². The van der Waals surface area contributed by atoms with Crippen molar-refractivity contribution < 1.29 is 14.3 Å². The van der Waals surface area contributed by atoms with Crippen LogP contribution in [-0.2, 0) is 9.53 Å². The van der Waals surface area contributed by atoms with Gasteiger partial charge in [0.05, 0.1) is 13.2 Å². The zero-order valence-corrected chi connectivity index (χ0v) is 11.6. The number of likely N-dealkylation sites (N-methyl/N-ethyl adjacent to an activating group) is 1. The van der Waals surface area contributed by atoms with E-state index in [4.69, 9.17) is 4.74 Å². The quantitative estimate of drug-likeness (QED) is 0.524. The van der Waals surface area contributed by atoms with Crippen molar-refractivity contribution >= 4 is 12.0 Å². The van der Waals surface area contributed by atoms with Crippen LogP contribution in [0.5, 0.6) is 0 Å². The number of nitrogens with zero attached hydrogens (tertiary/aromatic N) is 2. The van der Waals surface area contributed by atoms with Crippen molar-refractivity contribution in [2.45, 2.75) is 6.92 Å². The van der Waals surface area contributed by atoms with E-state index in [1.807, 2.05) is 12.1 Å². The Morgan fingerprint density at radius 3 is 2.47 bits per heavy atom. The van der Waals surface area contributed by atoms with Gasteiger partial charge in [0.25, 0.3) is 0 Å². The fourth-order valence-corrected chi connectivity index (χ4v) is 1.59. The molecule has 2 N–H and O–H groups in total. The third-order valence-electron chi connectivity index (χ3n) is 2.79. The molecule has 1 aliphatic heterocycles. The number of urea groups is 1. The number of carbonyl (C=O) groups excluding carboxylic acids is 2. The highest BCUT2D eigenvalue weighted by Crippen LogP contribution is 1.96. The third kappa shape index (κ3) is 5.71. The third-order valence-corrected chi connectivity index (χ3v) is 2.79. The molecule has 0 bridgehead atoms. The van der Waals surface area contributed by atoms with Gasteiger partial charge in [-0.15, -0.1) is 0 Å². The summed E-state index contributed by atoms with van der Waals surface area (Å²) in [6.45, 7) is 9.05. The van der Waals surface area contributed by atoms with E-state index in [1.54, 1.807) is 6.92 Å². The second-order valence-electron chi connectivity index (χ2n) is 4.41. The van der Waals surface area contributed by atoms with Crippen LogP contribution < -0.4 is 10.7 Å². The monoisotopic (exact) mass is 270 g/mol. The Morgan fingerprint density at radius 1 is 1.26 bits per heavy atom. The van der Waals surface area contributed by atoms with Gasteiger partial charge in [0.1, 0.15) is 0 Å². The van der Waals surface area contributed by atoms with Crippen LogP contribution in [0.4, 0.5) is 4.79 Å². The fraction of sp³-hybridized carbons (Fsp3) is 0.667. The van der Waals surface area contributed by atoms with Crippen LogP contribution in [-0.4, -0.2) is 68.3 Å². The Kier molecular flexibility index (Phi) is 6.31. The molecule has 0 aromatic carbocycles. The maximum Gasteiger partial charge on any atom is 0.335 e. The molecular formula is C12H22N4O3. The highest BCUT2D eigenvalue weighted by Gasteiger charge is 2.16. The van der Waals surface area contributed by atoms with Gasteiger partial charge in [-0.25, -0.2) is 14.6 Å². The van der Waals surface area contributed by atoms with E-state index in [9.17, 15) is 9.59 Å². The van der Waals surface area contributed by atoms with Crippen LogP contribution in [0.25, 0.3) is 0 Å². The zero-order valence-electron chi connectivity index (χ0n) is 11.6. The van der Waals surface area contributed by atoms with Crippen LogP contribution >= 0.6 is 0 Å². The zero-order chi connectivity index (χ0) is 14.3. The van der Waals surface area contributed by atoms with Crippen molar-refractivity contribution in [3.8, 4) is 0 Å². The standard InChI is InChI=1S/C12H22N4O3/c1-4-19-11(17)10(2)9-13-12(18)14-16-7-5-15(3)6-8-16/h2,4-9H2,1,3H3,(H2,13,14,18). The van der Waals surface area contributed by atoms with Crippen LogP contribution in [0.1, 0.15) is 6.92 Å². The number of hydrazine groups is 1. The Morgan fingerprint density at radius 2 is 1.89 bits per heavy atom. The van der Waals surface area contributed by atoms with Gasteiger partial charge in [-0.3, -0.25) is 5.43 Å². The van der Waals surface area contributed by atoms with Crippen molar-refractivity contribution in [2.24, 2.45) is 0 Å². The summed E-state index contributed by atoms with van der Waals surface area (Å²) < 4.78 is 4.77.